The maximum Gasteiger partial charge on any atom is 0.387 e. The van der Waals surface area contributed by atoms with Crippen molar-refractivity contribution in [3.05, 3.63) is 47.8 Å². The number of hydrogen-bond acceptors (Lipinski definition) is 6. The van der Waals surface area contributed by atoms with Gasteiger partial charge in [-0.25, -0.2) is 12.8 Å². The molecular weight excluding hydrogens is 425 g/mol. The summed E-state index contributed by atoms with van der Waals surface area (Å²) in [6.45, 7) is -3.19. The summed E-state index contributed by atoms with van der Waals surface area (Å²) < 4.78 is 72.2. The lowest BCUT2D eigenvalue weighted by Crippen LogP contribution is -2.18. The Morgan fingerprint density at radius 1 is 1.20 bits per heavy atom. The number of ether oxygens (including phenoxy) is 1. The van der Waals surface area contributed by atoms with Crippen molar-refractivity contribution in [3.8, 4) is 17.1 Å². The number of benzene rings is 2. The molecule has 0 saturated heterocycles. The smallest absolute Gasteiger partial charge is 0.387 e. The van der Waals surface area contributed by atoms with Gasteiger partial charge in [0.15, 0.2) is 9.84 Å². The molecule has 0 fully saturated rings. The second-order valence-electron chi connectivity index (χ2n) is 6.36. The van der Waals surface area contributed by atoms with Crippen LogP contribution in [0.5, 0.6) is 5.75 Å². The minimum atomic E-state index is -3.47. The largest absolute Gasteiger partial charge is 0.455 e. The maximum atomic E-state index is 13.3. The Morgan fingerprint density at radius 3 is 2.43 bits per heavy atom. The van der Waals surface area contributed by atoms with E-state index < -0.39 is 34.0 Å². The SMILES string of the molecule is CNC(=O)c1c(-c2ccc(F)cc2)oc2cc(NCS(C)(=O)=O)c(OC(F)F)cc12. The van der Waals surface area contributed by atoms with E-state index >= 15 is 0 Å². The lowest BCUT2D eigenvalue weighted by Gasteiger charge is -2.12. The van der Waals surface area contributed by atoms with Crippen molar-refractivity contribution >= 4 is 32.4 Å². The zero-order chi connectivity index (χ0) is 22.1. The van der Waals surface area contributed by atoms with Crippen molar-refractivity contribution in [3.63, 3.8) is 0 Å². The van der Waals surface area contributed by atoms with E-state index in [2.05, 4.69) is 15.4 Å². The number of nitrogens with one attached hydrogen (secondary N) is 2. The minimum Gasteiger partial charge on any atom is -0.455 e. The van der Waals surface area contributed by atoms with Crippen LogP contribution in [0.25, 0.3) is 22.3 Å². The third kappa shape index (κ3) is 4.67. The Labute approximate surface area is 169 Å². The summed E-state index contributed by atoms with van der Waals surface area (Å²) in [7, 11) is -2.09. The monoisotopic (exact) mass is 442 g/mol. The first-order valence-electron chi connectivity index (χ1n) is 8.54. The normalized spacial score (nSPS) is 11.7. The van der Waals surface area contributed by atoms with E-state index in [9.17, 15) is 26.4 Å². The molecule has 0 unspecified atom stereocenters. The molecule has 1 heterocycles. The average molecular weight is 442 g/mol. The van der Waals surface area contributed by atoms with Crippen LogP contribution >= 0.6 is 0 Å². The molecule has 1 aromatic heterocycles. The molecule has 2 N–H and O–H groups in total. The van der Waals surface area contributed by atoms with Crippen LogP contribution in [0, 0.1) is 5.82 Å². The molecule has 0 radical (unpaired) electrons. The van der Waals surface area contributed by atoms with E-state index in [0.717, 1.165) is 12.3 Å². The van der Waals surface area contributed by atoms with Crippen molar-refractivity contribution in [1.29, 1.82) is 0 Å². The molecule has 0 atom stereocenters. The van der Waals surface area contributed by atoms with Crippen LogP contribution in [0.2, 0.25) is 0 Å². The number of hydrogen-bond donors (Lipinski definition) is 2. The van der Waals surface area contributed by atoms with Gasteiger partial charge in [-0.3, -0.25) is 4.79 Å². The molecule has 160 valence electrons. The molecule has 1 amide bonds. The number of halogens is 3. The Hall–Kier alpha value is -3.21. The zero-order valence-corrected chi connectivity index (χ0v) is 16.6. The molecule has 0 aliphatic heterocycles. The molecule has 30 heavy (non-hydrogen) atoms. The number of fused-ring (bicyclic) bond motifs is 1. The molecule has 11 heteroatoms. The maximum absolute atomic E-state index is 13.3. The number of carbonyl (C=O) groups excluding carboxylic acids is 1. The lowest BCUT2D eigenvalue weighted by atomic mass is 10.0. The number of amides is 1. The van der Waals surface area contributed by atoms with Crippen molar-refractivity contribution in [2.75, 3.05) is 24.5 Å². The van der Waals surface area contributed by atoms with Crippen LogP contribution in [0.15, 0.2) is 40.8 Å². The number of alkyl halides is 2. The standard InChI is InChI=1S/C19H17F3N2O5S/c1-23-18(25)16-12-7-15(29-19(21)22)13(24-9-30(2,26)27)8-14(12)28-17(16)10-3-5-11(20)6-4-10/h3-8,19,24H,9H2,1-2H3,(H,23,25). The molecular formula is C19H17F3N2O5S. The molecule has 0 saturated carbocycles. The van der Waals surface area contributed by atoms with Crippen LogP contribution in [0.1, 0.15) is 10.4 Å². The Bertz CT molecular complexity index is 1190. The fraction of sp³-hybridized carbons (Fsp3) is 0.211. The van der Waals surface area contributed by atoms with Crippen LogP contribution in [-0.4, -0.2) is 40.1 Å². The zero-order valence-electron chi connectivity index (χ0n) is 15.8. The molecule has 7 nitrogen and oxygen atoms in total. The van der Waals surface area contributed by atoms with E-state index in [1.165, 1.54) is 37.4 Å². The van der Waals surface area contributed by atoms with Gasteiger partial charge in [0, 0.05) is 30.3 Å². The van der Waals surface area contributed by atoms with E-state index in [1.807, 2.05) is 0 Å². The fourth-order valence-electron chi connectivity index (χ4n) is 2.82. The first-order chi connectivity index (χ1) is 14.1. The van der Waals surface area contributed by atoms with Gasteiger partial charge >= 0.3 is 6.61 Å². The van der Waals surface area contributed by atoms with Gasteiger partial charge in [0.25, 0.3) is 5.91 Å². The van der Waals surface area contributed by atoms with Gasteiger partial charge in [-0.15, -0.1) is 0 Å². The number of furan rings is 1. The summed E-state index contributed by atoms with van der Waals surface area (Å²) in [5, 5.41) is 5.12. The predicted octanol–water partition coefficient (Wildman–Crippen LogP) is 3.61. The van der Waals surface area contributed by atoms with Gasteiger partial charge in [-0.05, 0) is 30.3 Å². The Kier molecular flexibility index (Phi) is 5.92. The number of carbonyl (C=O) groups is 1. The van der Waals surface area contributed by atoms with E-state index in [1.54, 1.807) is 0 Å². The van der Waals surface area contributed by atoms with E-state index in [4.69, 9.17) is 4.42 Å². The van der Waals surface area contributed by atoms with Gasteiger partial charge in [-0.1, -0.05) is 0 Å². The Morgan fingerprint density at radius 2 is 1.87 bits per heavy atom. The third-order valence-corrected chi connectivity index (χ3v) is 4.76. The van der Waals surface area contributed by atoms with Gasteiger partial charge in [0.05, 0.1) is 11.3 Å². The third-order valence-electron chi connectivity index (χ3n) is 4.09. The first kappa shape index (κ1) is 21.5. The van der Waals surface area contributed by atoms with Gasteiger partial charge < -0.3 is 19.8 Å². The number of anilines is 1. The van der Waals surface area contributed by atoms with E-state index in [-0.39, 0.29) is 33.7 Å². The topological polar surface area (TPSA) is 97.6 Å². The van der Waals surface area contributed by atoms with E-state index in [0.29, 0.717) is 5.56 Å². The number of sulfone groups is 1. The molecule has 2 aromatic carbocycles. The molecule has 0 aliphatic carbocycles. The van der Waals surface area contributed by atoms with Crippen LogP contribution in [0.3, 0.4) is 0 Å². The summed E-state index contributed by atoms with van der Waals surface area (Å²) in [5.41, 5.74) is 0.475. The first-order valence-corrected chi connectivity index (χ1v) is 10.6. The second kappa shape index (κ2) is 8.27. The van der Waals surface area contributed by atoms with Crippen LogP contribution < -0.4 is 15.4 Å². The molecule has 3 rings (SSSR count). The van der Waals surface area contributed by atoms with Crippen molar-refractivity contribution < 1.29 is 35.5 Å². The highest BCUT2D eigenvalue weighted by Gasteiger charge is 2.24. The molecule has 0 bridgehead atoms. The highest BCUT2D eigenvalue weighted by molar-refractivity contribution is 7.90. The fourth-order valence-corrected chi connectivity index (χ4v) is 3.24. The summed E-state index contributed by atoms with van der Waals surface area (Å²) in [6, 6.07) is 7.59. The summed E-state index contributed by atoms with van der Waals surface area (Å²) in [5.74, 6) is -1.86. The second-order valence-corrected chi connectivity index (χ2v) is 8.50. The summed E-state index contributed by atoms with van der Waals surface area (Å²) in [6.07, 6.45) is 0.968. The molecule has 0 aliphatic rings. The van der Waals surface area contributed by atoms with Gasteiger partial charge in [0.1, 0.15) is 28.8 Å². The summed E-state index contributed by atoms with van der Waals surface area (Å²) in [4.78, 5) is 12.5. The average Bonchev–Trinajstić information content (AvgIpc) is 3.03. The highest BCUT2D eigenvalue weighted by atomic mass is 32.2. The highest BCUT2D eigenvalue weighted by Crippen LogP contribution is 2.39. The minimum absolute atomic E-state index is 0.0351. The lowest BCUT2D eigenvalue weighted by molar-refractivity contribution is -0.0492. The van der Waals surface area contributed by atoms with Crippen LogP contribution in [-0.2, 0) is 9.84 Å². The van der Waals surface area contributed by atoms with Crippen molar-refractivity contribution in [1.82, 2.24) is 5.32 Å². The molecule has 0 spiro atoms. The molecule has 3 aromatic rings. The summed E-state index contributed by atoms with van der Waals surface area (Å²) >= 11 is 0. The van der Waals surface area contributed by atoms with Crippen molar-refractivity contribution in [2.45, 2.75) is 6.61 Å². The predicted molar refractivity (Wildman–Crippen MR) is 105 cm³/mol. The quantitative estimate of drug-likeness (QED) is 0.580. The van der Waals surface area contributed by atoms with Gasteiger partial charge in [0.2, 0.25) is 0 Å². The van der Waals surface area contributed by atoms with Gasteiger partial charge in [-0.2, -0.15) is 8.78 Å². The van der Waals surface area contributed by atoms with Crippen molar-refractivity contribution in [2.24, 2.45) is 0 Å². The Balaban J connectivity index is 2.23. The number of rotatable bonds is 7. The van der Waals surface area contributed by atoms with Crippen LogP contribution in [0.4, 0.5) is 18.9 Å².